The molecule has 28 heavy (non-hydrogen) atoms. The van der Waals surface area contributed by atoms with Crippen molar-refractivity contribution in [1.82, 2.24) is 14.8 Å². The van der Waals surface area contributed by atoms with Crippen molar-refractivity contribution < 1.29 is 13.9 Å². The number of nitrogens with one attached hydrogen (secondary N) is 1. The number of aromatic nitrogens is 3. The zero-order chi connectivity index (χ0) is 20.3. The summed E-state index contributed by atoms with van der Waals surface area (Å²) in [5.41, 5.74) is 0.699. The van der Waals surface area contributed by atoms with Gasteiger partial charge in [0.15, 0.2) is 0 Å². The molecule has 0 aliphatic rings. The maximum Gasteiger partial charge on any atom is 0.365 e. The fraction of sp³-hybridized carbons (Fsp3) is 0.158. The third-order valence-corrected chi connectivity index (χ3v) is 4.33. The summed E-state index contributed by atoms with van der Waals surface area (Å²) >= 11 is 5.70. The van der Waals surface area contributed by atoms with Gasteiger partial charge >= 0.3 is 5.69 Å². The number of hydrogen-bond acceptors (Lipinski definition) is 5. The van der Waals surface area contributed by atoms with E-state index in [1.165, 1.54) is 25.3 Å². The first-order valence-corrected chi connectivity index (χ1v) is 8.63. The standard InChI is InChI=1S/C19H16ClFN4O3/c1-11(18(26)23-13-5-8-16(21)15(20)9-13)25-19(27)24-17(10-22-25)12-3-6-14(28-2)7-4-12/h3-11H,1-2H3,(H,23,26)/t11-/m0/s1. The third kappa shape index (κ3) is 4.17. The second-order valence-electron chi connectivity index (χ2n) is 5.89. The van der Waals surface area contributed by atoms with Crippen molar-refractivity contribution in [3.63, 3.8) is 0 Å². The van der Waals surface area contributed by atoms with Gasteiger partial charge in [-0.3, -0.25) is 4.79 Å². The highest BCUT2D eigenvalue weighted by atomic mass is 35.5. The van der Waals surface area contributed by atoms with Crippen molar-refractivity contribution in [2.45, 2.75) is 13.0 Å². The fourth-order valence-corrected chi connectivity index (χ4v) is 2.63. The van der Waals surface area contributed by atoms with E-state index in [9.17, 15) is 14.0 Å². The van der Waals surface area contributed by atoms with Gasteiger partial charge in [0.1, 0.15) is 17.6 Å². The number of hydrogen-bond donors (Lipinski definition) is 1. The Morgan fingerprint density at radius 2 is 1.96 bits per heavy atom. The van der Waals surface area contributed by atoms with E-state index in [1.54, 1.807) is 31.4 Å². The molecule has 0 radical (unpaired) electrons. The van der Waals surface area contributed by atoms with Crippen molar-refractivity contribution >= 4 is 23.2 Å². The molecule has 1 heterocycles. The number of halogens is 2. The molecule has 3 rings (SSSR count). The van der Waals surface area contributed by atoms with E-state index in [-0.39, 0.29) is 5.02 Å². The zero-order valence-corrected chi connectivity index (χ0v) is 15.8. The third-order valence-electron chi connectivity index (χ3n) is 4.04. The summed E-state index contributed by atoms with van der Waals surface area (Å²) in [6.45, 7) is 1.50. The first-order chi connectivity index (χ1) is 13.4. The van der Waals surface area contributed by atoms with Gasteiger partial charge in [-0.15, -0.1) is 0 Å². The maximum absolute atomic E-state index is 13.2. The Labute approximate surface area is 164 Å². The zero-order valence-electron chi connectivity index (χ0n) is 15.0. The largest absolute Gasteiger partial charge is 0.497 e. The topological polar surface area (TPSA) is 86.1 Å². The number of ether oxygens (including phenoxy) is 1. The normalized spacial score (nSPS) is 11.7. The van der Waals surface area contributed by atoms with Crippen molar-refractivity contribution in [1.29, 1.82) is 0 Å². The molecule has 144 valence electrons. The van der Waals surface area contributed by atoms with Gasteiger partial charge in [-0.05, 0) is 49.4 Å². The van der Waals surface area contributed by atoms with E-state index in [0.29, 0.717) is 22.7 Å². The number of amides is 1. The van der Waals surface area contributed by atoms with E-state index in [0.717, 1.165) is 10.7 Å². The van der Waals surface area contributed by atoms with Gasteiger partial charge in [-0.2, -0.15) is 10.1 Å². The minimum Gasteiger partial charge on any atom is -0.497 e. The minimum atomic E-state index is -0.936. The van der Waals surface area contributed by atoms with Gasteiger partial charge in [0.2, 0.25) is 5.91 Å². The fourth-order valence-electron chi connectivity index (χ4n) is 2.45. The van der Waals surface area contributed by atoms with E-state index in [1.807, 2.05) is 0 Å². The first-order valence-electron chi connectivity index (χ1n) is 8.25. The molecule has 0 unspecified atom stereocenters. The van der Waals surface area contributed by atoms with E-state index in [4.69, 9.17) is 16.3 Å². The van der Waals surface area contributed by atoms with Crippen LogP contribution in [0.5, 0.6) is 5.75 Å². The summed E-state index contributed by atoms with van der Waals surface area (Å²) in [5.74, 6) is -0.434. The van der Waals surface area contributed by atoms with Crippen LogP contribution in [0.1, 0.15) is 13.0 Å². The molecule has 0 saturated carbocycles. The number of carbonyl (C=O) groups excluding carboxylic acids is 1. The molecule has 9 heteroatoms. The SMILES string of the molecule is COc1ccc(-c2cnn([C@@H](C)C(=O)Nc3ccc(F)c(Cl)c3)c(=O)n2)cc1. The molecule has 3 aromatic rings. The highest BCUT2D eigenvalue weighted by Crippen LogP contribution is 2.21. The van der Waals surface area contributed by atoms with Crippen molar-refractivity contribution in [3.05, 3.63) is 70.0 Å². The first kappa shape index (κ1) is 19.5. The van der Waals surface area contributed by atoms with Crippen LogP contribution in [0.2, 0.25) is 5.02 Å². The van der Waals surface area contributed by atoms with Crippen molar-refractivity contribution in [3.8, 4) is 17.0 Å². The molecule has 0 spiro atoms. The molecule has 0 bridgehead atoms. The molecule has 0 aliphatic heterocycles. The summed E-state index contributed by atoms with van der Waals surface area (Å²) in [7, 11) is 1.56. The predicted molar refractivity (Wildman–Crippen MR) is 103 cm³/mol. The van der Waals surface area contributed by atoms with Crippen LogP contribution >= 0.6 is 11.6 Å². The second kappa shape index (κ2) is 8.18. The van der Waals surface area contributed by atoms with Crippen LogP contribution in [-0.4, -0.2) is 27.8 Å². The monoisotopic (exact) mass is 402 g/mol. The number of anilines is 1. The number of rotatable bonds is 5. The van der Waals surface area contributed by atoms with Gasteiger partial charge in [0.05, 0.1) is 24.0 Å². The van der Waals surface area contributed by atoms with Crippen LogP contribution in [-0.2, 0) is 4.79 Å². The van der Waals surface area contributed by atoms with Gasteiger partial charge in [-0.25, -0.2) is 13.9 Å². The quantitative estimate of drug-likeness (QED) is 0.707. The summed E-state index contributed by atoms with van der Waals surface area (Å²) in [6, 6.07) is 9.84. The molecule has 7 nitrogen and oxygen atoms in total. The van der Waals surface area contributed by atoms with E-state index < -0.39 is 23.5 Å². The van der Waals surface area contributed by atoms with Gasteiger partial charge in [0.25, 0.3) is 0 Å². The van der Waals surface area contributed by atoms with Gasteiger partial charge in [0, 0.05) is 11.3 Å². The van der Waals surface area contributed by atoms with Crippen LogP contribution in [0.3, 0.4) is 0 Å². The number of carbonyl (C=O) groups is 1. The molecule has 1 N–H and O–H groups in total. The molecular weight excluding hydrogens is 387 g/mol. The Morgan fingerprint density at radius 1 is 1.25 bits per heavy atom. The molecule has 1 aromatic heterocycles. The summed E-state index contributed by atoms with van der Waals surface area (Å²) in [6.07, 6.45) is 1.40. The van der Waals surface area contributed by atoms with Crippen LogP contribution in [0.15, 0.2) is 53.5 Å². The number of methoxy groups -OCH3 is 1. The van der Waals surface area contributed by atoms with E-state index >= 15 is 0 Å². The van der Waals surface area contributed by atoms with Gasteiger partial charge in [-0.1, -0.05) is 11.6 Å². The Hall–Kier alpha value is -3.26. The lowest BCUT2D eigenvalue weighted by Crippen LogP contribution is -2.34. The smallest absolute Gasteiger partial charge is 0.365 e. The average Bonchev–Trinajstić information content (AvgIpc) is 2.70. The van der Waals surface area contributed by atoms with Crippen LogP contribution in [0.25, 0.3) is 11.3 Å². The molecule has 1 amide bonds. The van der Waals surface area contributed by atoms with Crippen LogP contribution < -0.4 is 15.7 Å². The number of nitrogens with zero attached hydrogens (tertiary/aromatic N) is 3. The molecule has 1 atom stereocenters. The predicted octanol–water partition coefficient (Wildman–Crippen LogP) is 3.31. The molecule has 0 fully saturated rings. The Kier molecular flexibility index (Phi) is 5.70. The lowest BCUT2D eigenvalue weighted by molar-refractivity contribution is -0.119. The van der Waals surface area contributed by atoms with Crippen LogP contribution in [0.4, 0.5) is 10.1 Å². The van der Waals surface area contributed by atoms with Crippen molar-refractivity contribution in [2.75, 3.05) is 12.4 Å². The highest BCUT2D eigenvalue weighted by Gasteiger charge is 2.19. The van der Waals surface area contributed by atoms with Crippen LogP contribution in [0, 0.1) is 5.82 Å². The minimum absolute atomic E-state index is 0.119. The van der Waals surface area contributed by atoms with E-state index in [2.05, 4.69) is 15.4 Å². The molecule has 0 saturated heterocycles. The molecular formula is C19H16ClFN4O3. The van der Waals surface area contributed by atoms with Crippen molar-refractivity contribution in [2.24, 2.45) is 0 Å². The summed E-state index contributed by atoms with van der Waals surface area (Å²) < 4.78 is 19.3. The Bertz CT molecular complexity index is 1070. The summed E-state index contributed by atoms with van der Waals surface area (Å²) in [4.78, 5) is 28.7. The Morgan fingerprint density at radius 3 is 2.57 bits per heavy atom. The Balaban J connectivity index is 1.79. The van der Waals surface area contributed by atoms with Gasteiger partial charge < -0.3 is 10.1 Å². The lowest BCUT2D eigenvalue weighted by Gasteiger charge is -2.14. The average molecular weight is 403 g/mol. The molecule has 2 aromatic carbocycles. The maximum atomic E-state index is 13.2. The number of benzene rings is 2. The summed E-state index contributed by atoms with van der Waals surface area (Å²) in [5, 5.41) is 6.50. The highest BCUT2D eigenvalue weighted by molar-refractivity contribution is 6.31. The molecule has 0 aliphatic carbocycles. The lowest BCUT2D eigenvalue weighted by atomic mass is 10.1. The second-order valence-corrected chi connectivity index (χ2v) is 6.30.